The van der Waals surface area contributed by atoms with E-state index in [0.717, 1.165) is 36.6 Å². The lowest BCUT2D eigenvalue weighted by atomic mass is 9.85. The molecular weight excluding hydrogens is 448 g/mol. The van der Waals surface area contributed by atoms with Gasteiger partial charge < -0.3 is 10.2 Å². The third-order valence-corrected chi connectivity index (χ3v) is 6.47. The normalized spacial score (nSPS) is 20.9. The van der Waals surface area contributed by atoms with Crippen LogP contribution in [-0.4, -0.2) is 24.4 Å². The summed E-state index contributed by atoms with van der Waals surface area (Å²) in [6, 6.07) is 6.85. The van der Waals surface area contributed by atoms with Crippen LogP contribution in [0.5, 0.6) is 0 Å². The van der Waals surface area contributed by atoms with Gasteiger partial charge in [-0.1, -0.05) is 17.7 Å². The lowest BCUT2D eigenvalue weighted by molar-refractivity contribution is -0.137. The highest BCUT2D eigenvalue weighted by atomic mass is 35.5. The summed E-state index contributed by atoms with van der Waals surface area (Å²) in [7, 11) is 0. The lowest BCUT2D eigenvalue weighted by Crippen LogP contribution is -2.40. The fourth-order valence-electron chi connectivity index (χ4n) is 4.42. The molecule has 9 heteroatoms. The van der Waals surface area contributed by atoms with E-state index in [9.17, 15) is 27.2 Å². The third kappa shape index (κ3) is 4.75. The minimum absolute atomic E-state index is 0.0392. The first-order chi connectivity index (χ1) is 15.1. The Hall–Kier alpha value is -2.61. The lowest BCUT2D eigenvalue weighted by Gasteiger charge is -2.32. The van der Waals surface area contributed by atoms with Crippen molar-refractivity contribution >= 4 is 29.1 Å². The smallest absolute Gasteiger partial charge is 0.349 e. The Kier molecular flexibility index (Phi) is 6.16. The van der Waals surface area contributed by atoms with Crippen LogP contribution >= 0.6 is 11.6 Å². The zero-order valence-corrected chi connectivity index (χ0v) is 17.8. The van der Waals surface area contributed by atoms with E-state index >= 15 is 0 Å². The molecule has 0 saturated heterocycles. The number of anilines is 1. The first-order valence-corrected chi connectivity index (χ1v) is 10.8. The maximum absolute atomic E-state index is 13.6. The van der Waals surface area contributed by atoms with E-state index in [1.54, 1.807) is 11.0 Å². The number of nitrogens with zero attached hydrogens (tertiary/aromatic N) is 1. The van der Waals surface area contributed by atoms with Crippen molar-refractivity contribution < 1.29 is 27.2 Å². The van der Waals surface area contributed by atoms with Crippen LogP contribution in [0.1, 0.15) is 47.2 Å². The van der Waals surface area contributed by atoms with Crippen molar-refractivity contribution in [1.82, 2.24) is 5.32 Å². The van der Waals surface area contributed by atoms with Crippen molar-refractivity contribution in [2.45, 2.75) is 44.3 Å². The Balaban J connectivity index is 1.35. The van der Waals surface area contributed by atoms with Crippen LogP contribution in [-0.2, 0) is 17.4 Å². The molecule has 0 bridgehead atoms. The summed E-state index contributed by atoms with van der Waals surface area (Å²) in [6.45, 7) is 0.482. The number of fused-ring (bicyclic) bond motifs is 1. The Morgan fingerprint density at radius 2 is 1.81 bits per heavy atom. The number of hydrogen-bond acceptors (Lipinski definition) is 2. The second-order valence-corrected chi connectivity index (χ2v) is 8.74. The van der Waals surface area contributed by atoms with Gasteiger partial charge in [-0.3, -0.25) is 9.59 Å². The van der Waals surface area contributed by atoms with Crippen LogP contribution < -0.4 is 10.2 Å². The minimum atomic E-state index is -4.56. The fraction of sp³-hybridized carbons (Fsp3) is 0.391. The summed E-state index contributed by atoms with van der Waals surface area (Å²) in [6.07, 6.45) is -1.58. The molecule has 4 nitrogen and oxygen atoms in total. The Bertz CT molecular complexity index is 1050. The molecule has 1 fully saturated rings. The molecule has 1 N–H and O–H groups in total. The molecule has 4 rings (SSSR count). The van der Waals surface area contributed by atoms with Gasteiger partial charge in [-0.05, 0) is 67.5 Å². The molecule has 2 amide bonds. The maximum Gasteiger partial charge on any atom is 0.416 e. The molecule has 2 aromatic rings. The molecule has 0 unspecified atom stereocenters. The Morgan fingerprint density at radius 3 is 2.50 bits per heavy atom. The summed E-state index contributed by atoms with van der Waals surface area (Å²) in [4.78, 5) is 26.5. The minimum Gasteiger partial charge on any atom is -0.349 e. The van der Waals surface area contributed by atoms with E-state index in [2.05, 4.69) is 5.32 Å². The van der Waals surface area contributed by atoms with Gasteiger partial charge in [-0.2, -0.15) is 13.2 Å². The van der Waals surface area contributed by atoms with E-state index < -0.39 is 17.6 Å². The summed E-state index contributed by atoms with van der Waals surface area (Å²) < 4.78 is 52.5. The van der Waals surface area contributed by atoms with Crippen LogP contribution in [0, 0.1) is 11.7 Å². The van der Waals surface area contributed by atoms with Gasteiger partial charge in [0.05, 0.1) is 28.3 Å². The van der Waals surface area contributed by atoms with Gasteiger partial charge in [0.2, 0.25) is 5.91 Å². The molecule has 32 heavy (non-hydrogen) atoms. The zero-order chi connectivity index (χ0) is 23.0. The van der Waals surface area contributed by atoms with Gasteiger partial charge in [0, 0.05) is 12.6 Å². The van der Waals surface area contributed by atoms with Crippen LogP contribution in [0.3, 0.4) is 0 Å². The molecular formula is C23H21ClF4N2O2. The Labute approximate surface area is 187 Å². The summed E-state index contributed by atoms with van der Waals surface area (Å²) >= 11 is 5.95. The average molecular weight is 469 g/mol. The number of alkyl halides is 3. The number of halogens is 5. The van der Waals surface area contributed by atoms with E-state index in [0.29, 0.717) is 25.1 Å². The molecule has 0 atom stereocenters. The standard InChI is InChI=1S/C23H21ClF4N2O2/c24-19-8-4-15(23(26,27)28)10-18(19)22(32)29-17-6-1-13(2-7-17)12-30-20-11-16(25)5-3-14(20)9-21(30)31/h3-5,8,10-11,13,17H,1-2,6-7,9,12H2,(H,29,32). The molecule has 0 aromatic heterocycles. The Morgan fingerprint density at radius 1 is 1.09 bits per heavy atom. The number of rotatable bonds is 4. The first kappa shape index (κ1) is 22.6. The zero-order valence-electron chi connectivity index (χ0n) is 17.0. The average Bonchev–Trinajstić information content (AvgIpc) is 3.03. The fourth-order valence-corrected chi connectivity index (χ4v) is 4.62. The summed E-state index contributed by atoms with van der Waals surface area (Å²) in [5.74, 6) is -0.884. The monoisotopic (exact) mass is 468 g/mol. The number of carbonyl (C=O) groups excluding carboxylic acids is 2. The molecule has 0 radical (unpaired) electrons. The third-order valence-electron chi connectivity index (χ3n) is 6.14. The quantitative estimate of drug-likeness (QED) is 0.613. The van der Waals surface area contributed by atoms with E-state index in [4.69, 9.17) is 11.6 Å². The van der Waals surface area contributed by atoms with Gasteiger partial charge in [-0.25, -0.2) is 4.39 Å². The number of nitrogens with one attached hydrogen (secondary N) is 1. The van der Waals surface area contributed by atoms with Gasteiger partial charge in [0.15, 0.2) is 0 Å². The van der Waals surface area contributed by atoms with Gasteiger partial charge in [-0.15, -0.1) is 0 Å². The highest BCUT2D eigenvalue weighted by Crippen LogP contribution is 2.34. The van der Waals surface area contributed by atoms with Crippen molar-refractivity contribution in [3.63, 3.8) is 0 Å². The molecule has 1 aliphatic heterocycles. The summed E-state index contributed by atoms with van der Waals surface area (Å²) in [5.41, 5.74) is 0.299. The van der Waals surface area contributed by atoms with Crippen LogP contribution in [0.4, 0.5) is 23.2 Å². The molecule has 2 aliphatic rings. The van der Waals surface area contributed by atoms with E-state index in [1.807, 2.05) is 0 Å². The molecule has 0 spiro atoms. The largest absolute Gasteiger partial charge is 0.416 e. The van der Waals surface area contributed by atoms with Crippen molar-refractivity contribution in [2.24, 2.45) is 5.92 Å². The molecule has 1 heterocycles. The SMILES string of the molecule is O=C(NC1CCC(CN2C(=O)Cc3ccc(F)cc32)CC1)c1cc(C(F)(F)F)ccc1Cl. The molecule has 170 valence electrons. The first-order valence-electron chi connectivity index (χ1n) is 10.4. The van der Waals surface area contributed by atoms with Crippen LogP contribution in [0.15, 0.2) is 36.4 Å². The number of benzene rings is 2. The molecule has 2 aromatic carbocycles. The van der Waals surface area contributed by atoms with Crippen molar-refractivity contribution in [2.75, 3.05) is 11.4 Å². The number of amides is 2. The predicted molar refractivity (Wildman–Crippen MR) is 112 cm³/mol. The number of hydrogen-bond donors (Lipinski definition) is 1. The van der Waals surface area contributed by atoms with E-state index in [-0.39, 0.29) is 40.7 Å². The van der Waals surface area contributed by atoms with Crippen molar-refractivity contribution in [1.29, 1.82) is 0 Å². The topological polar surface area (TPSA) is 49.4 Å². The van der Waals surface area contributed by atoms with Crippen LogP contribution in [0.25, 0.3) is 0 Å². The van der Waals surface area contributed by atoms with Gasteiger partial charge in [0.25, 0.3) is 5.91 Å². The van der Waals surface area contributed by atoms with Crippen LogP contribution in [0.2, 0.25) is 5.02 Å². The van der Waals surface area contributed by atoms with Gasteiger partial charge in [0.1, 0.15) is 5.82 Å². The van der Waals surface area contributed by atoms with Crippen molar-refractivity contribution in [3.05, 3.63) is 63.9 Å². The highest BCUT2D eigenvalue weighted by molar-refractivity contribution is 6.33. The predicted octanol–water partition coefficient (Wildman–Crippen LogP) is 5.38. The second-order valence-electron chi connectivity index (χ2n) is 8.34. The summed E-state index contributed by atoms with van der Waals surface area (Å²) in [5, 5.41) is 2.74. The van der Waals surface area contributed by atoms with Crippen molar-refractivity contribution in [3.8, 4) is 0 Å². The van der Waals surface area contributed by atoms with E-state index in [1.165, 1.54) is 12.1 Å². The second kappa shape index (κ2) is 8.73. The maximum atomic E-state index is 13.6. The number of carbonyl (C=O) groups is 2. The molecule has 1 aliphatic carbocycles. The molecule has 1 saturated carbocycles. The van der Waals surface area contributed by atoms with Gasteiger partial charge >= 0.3 is 6.18 Å². The highest BCUT2D eigenvalue weighted by Gasteiger charge is 2.33.